The van der Waals surface area contributed by atoms with Crippen LogP contribution >= 0.6 is 23.2 Å². The van der Waals surface area contributed by atoms with Crippen molar-refractivity contribution in [3.05, 3.63) is 57.5 Å². The van der Waals surface area contributed by atoms with Gasteiger partial charge in [-0.05, 0) is 30.0 Å². The summed E-state index contributed by atoms with van der Waals surface area (Å²) in [6, 6.07) is 10.3. The van der Waals surface area contributed by atoms with Gasteiger partial charge >= 0.3 is 0 Å². The van der Waals surface area contributed by atoms with Gasteiger partial charge in [0.05, 0.1) is 10.5 Å². The van der Waals surface area contributed by atoms with Gasteiger partial charge in [0, 0.05) is 5.92 Å². The lowest BCUT2D eigenvalue weighted by Gasteiger charge is -2.03. The third-order valence-electron chi connectivity index (χ3n) is 3.84. The highest BCUT2D eigenvalue weighted by molar-refractivity contribution is 6.41. The fourth-order valence-corrected chi connectivity index (χ4v) is 3.15. The van der Waals surface area contributed by atoms with Crippen LogP contribution in [0.4, 0.5) is 0 Å². The molecule has 0 fully saturated rings. The van der Waals surface area contributed by atoms with Crippen LogP contribution in [0.2, 0.25) is 10.2 Å². The predicted octanol–water partition coefficient (Wildman–Crippen LogP) is 4.15. The Labute approximate surface area is 126 Å². The topological polar surface area (TPSA) is 41.6 Å². The number of hydrogen-bond donors (Lipinski definition) is 1. The Hall–Kier alpha value is -1.58. The van der Waals surface area contributed by atoms with Crippen molar-refractivity contribution in [2.75, 3.05) is 0 Å². The molecule has 5 heteroatoms. The van der Waals surface area contributed by atoms with Gasteiger partial charge in [-0.3, -0.25) is 0 Å². The first kappa shape index (κ1) is 12.2. The number of hydrogen-bond acceptors (Lipinski definition) is 2. The Bertz CT molecular complexity index is 746. The highest BCUT2D eigenvalue weighted by Crippen LogP contribution is 2.33. The van der Waals surface area contributed by atoms with E-state index in [9.17, 15) is 0 Å². The zero-order chi connectivity index (χ0) is 13.7. The van der Waals surface area contributed by atoms with Gasteiger partial charge < -0.3 is 4.98 Å². The molecule has 1 N–H and O–H groups in total. The van der Waals surface area contributed by atoms with E-state index in [0.29, 0.717) is 21.7 Å². The Kier molecular flexibility index (Phi) is 2.72. The van der Waals surface area contributed by atoms with E-state index in [-0.39, 0.29) is 0 Å². The summed E-state index contributed by atoms with van der Waals surface area (Å²) in [5.41, 5.74) is 4.28. The molecule has 1 aliphatic carbocycles. The molecule has 1 aliphatic rings. The summed E-state index contributed by atoms with van der Waals surface area (Å²) >= 11 is 11.9. The molecule has 20 heavy (non-hydrogen) atoms. The Morgan fingerprint density at radius 2 is 1.75 bits per heavy atom. The molecule has 0 bridgehead atoms. The highest BCUT2D eigenvalue weighted by atomic mass is 35.5. The summed E-state index contributed by atoms with van der Waals surface area (Å²) < 4.78 is 0. The molecule has 4 rings (SSSR count). The van der Waals surface area contributed by atoms with Crippen LogP contribution in [0.15, 0.2) is 30.3 Å². The second-order valence-electron chi connectivity index (χ2n) is 5.13. The fourth-order valence-electron chi connectivity index (χ4n) is 2.86. The van der Waals surface area contributed by atoms with Crippen LogP contribution in [-0.2, 0) is 12.8 Å². The number of nitrogens with zero attached hydrogens (tertiary/aromatic N) is 2. The van der Waals surface area contributed by atoms with E-state index in [1.54, 1.807) is 6.07 Å². The van der Waals surface area contributed by atoms with Crippen LogP contribution in [0.5, 0.6) is 0 Å². The maximum atomic E-state index is 5.99. The number of benzene rings is 1. The van der Waals surface area contributed by atoms with Gasteiger partial charge in [-0.1, -0.05) is 47.5 Å². The zero-order valence-corrected chi connectivity index (χ0v) is 12.0. The molecule has 0 unspecified atom stereocenters. The minimum atomic E-state index is 0.298. The van der Waals surface area contributed by atoms with E-state index < -0.39 is 0 Å². The quantitative estimate of drug-likeness (QED) is 0.686. The van der Waals surface area contributed by atoms with E-state index in [1.807, 2.05) is 0 Å². The molecule has 0 saturated heterocycles. The van der Waals surface area contributed by atoms with Crippen molar-refractivity contribution in [1.82, 2.24) is 15.0 Å². The molecule has 100 valence electrons. The summed E-state index contributed by atoms with van der Waals surface area (Å²) in [4.78, 5) is 12.1. The molecule has 2 heterocycles. The van der Waals surface area contributed by atoms with Crippen LogP contribution in [-0.4, -0.2) is 15.0 Å². The number of aromatic amines is 1. The molecule has 0 saturated carbocycles. The van der Waals surface area contributed by atoms with Crippen molar-refractivity contribution in [3.8, 4) is 0 Å². The van der Waals surface area contributed by atoms with E-state index in [4.69, 9.17) is 23.2 Å². The summed E-state index contributed by atoms with van der Waals surface area (Å²) in [7, 11) is 0. The molecular weight excluding hydrogens is 293 g/mol. The number of H-pyrrole nitrogens is 1. The average molecular weight is 304 g/mol. The van der Waals surface area contributed by atoms with Gasteiger partial charge in [-0.2, -0.15) is 0 Å². The Balaban J connectivity index is 1.74. The normalized spacial score (nSPS) is 14.9. The lowest BCUT2D eigenvalue weighted by atomic mass is 10.1. The van der Waals surface area contributed by atoms with Crippen molar-refractivity contribution < 1.29 is 0 Å². The van der Waals surface area contributed by atoms with E-state index in [0.717, 1.165) is 24.2 Å². The SMILES string of the molecule is Clc1cc2[nH]c(C3Cc4ccccc4C3)nc2nc1Cl. The third-order valence-corrected chi connectivity index (χ3v) is 4.51. The van der Waals surface area contributed by atoms with Gasteiger partial charge in [-0.25, -0.2) is 9.97 Å². The molecule has 0 spiro atoms. The van der Waals surface area contributed by atoms with Crippen LogP contribution in [0.1, 0.15) is 22.9 Å². The molecule has 0 atom stereocenters. The monoisotopic (exact) mass is 303 g/mol. The van der Waals surface area contributed by atoms with E-state index in [1.165, 1.54) is 11.1 Å². The van der Waals surface area contributed by atoms with Crippen molar-refractivity contribution in [1.29, 1.82) is 0 Å². The summed E-state index contributed by atoms with van der Waals surface area (Å²) in [6.07, 6.45) is 2.02. The molecule has 0 amide bonds. The Morgan fingerprint density at radius 3 is 2.45 bits per heavy atom. The molecular formula is C15H11Cl2N3. The minimum Gasteiger partial charge on any atom is -0.340 e. The number of fused-ring (bicyclic) bond motifs is 2. The molecule has 3 aromatic rings. The molecule has 3 nitrogen and oxygen atoms in total. The number of rotatable bonds is 1. The first-order valence-corrected chi connectivity index (χ1v) is 7.25. The lowest BCUT2D eigenvalue weighted by Crippen LogP contribution is -2.00. The Morgan fingerprint density at radius 1 is 1.05 bits per heavy atom. The van der Waals surface area contributed by atoms with Crippen LogP contribution in [0.3, 0.4) is 0 Å². The van der Waals surface area contributed by atoms with Gasteiger partial charge in [-0.15, -0.1) is 0 Å². The number of halogens is 2. The zero-order valence-electron chi connectivity index (χ0n) is 10.5. The van der Waals surface area contributed by atoms with Crippen LogP contribution in [0.25, 0.3) is 11.2 Å². The molecule has 0 aliphatic heterocycles. The minimum absolute atomic E-state index is 0.298. The van der Waals surface area contributed by atoms with E-state index >= 15 is 0 Å². The second kappa shape index (κ2) is 4.47. The maximum Gasteiger partial charge on any atom is 0.179 e. The van der Waals surface area contributed by atoms with Gasteiger partial charge in [0.2, 0.25) is 0 Å². The molecule has 1 aromatic carbocycles. The van der Waals surface area contributed by atoms with E-state index in [2.05, 4.69) is 39.2 Å². The molecule has 2 aromatic heterocycles. The van der Waals surface area contributed by atoms with Crippen LogP contribution in [0, 0.1) is 0 Å². The van der Waals surface area contributed by atoms with Crippen molar-refractivity contribution >= 4 is 34.4 Å². The summed E-state index contributed by atoms with van der Waals surface area (Å²) in [5, 5.41) is 0.746. The molecule has 0 radical (unpaired) electrons. The largest absolute Gasteiger partial charge is 0.340 e. The summed E-state index contributed by atoms with van der Waals surface area (Å²) in [5.74, 6) is 1.33. The van der Waals surface area contributed by atoms with Gasteiger partial charge in [0.1, 0.15) is 11.0 Å². The number of pyridine rings is 1. The second-order valence-corrected chi connectivity index (χ2v) is 5.89. The smallest absolute Gasteiger partial charge is 0.179 e. The number of imidazole rings is 1. The third kappa shape index (κ3) is 1.89. The average Bonchev–Trinajstić information content (AvgIpc) is 3.02. The fraction of sp³-hybridized carbons (Fsp3) is 0.200. The van der Waals surface area contributed by atoms with Crippen molar-refractivity contribution in [2.24, 2.45) is 0 Å². The van der Waals surface area contributed by atoms with Crippen LogP contribution < -0.4 is 0 Å². The van der Waals surface area contributed by atoms with Crippen molar-refractivity contribution in [3.63, 3.8) is 0 Å². The number of nitrogens with one attached hydrogen (secondary N) is 1. The predicted molar refractivity (Wildman–Crippen MR) is 80.5 cm³/mol. The first-order valence-electron chi connectivity index (χ1n) is 6.49. The van der Waals surface area contributed by atoms with Crippen molar-refractivity contribution in [2.45, 2.75) is 18.8 Å². The highest BCUT2D eigenvalue weighted by Gasteiger charge is 2.25. The number of aromatic nitrogens is 3. The lowest BCUT2D eigenvalue weighted by molar-refractivity contribution is 0.696. The summed E-state index contributed by atoms with van der Waals surface area (Å²) in [6.45, 7) is 0. The van der Waals surface area contributed by atoms with Gasteiger partial charge in [0.15, 0.2) is 5.65 Å². The standard InChI is InChI=1S/C15H11Cl2N3/c16-11-7-12-15(19-13(11)17)20-14(18-12)10-5-8-3-1-2-4-9(8)6-10/h1-4,7,10H,5-6H2,(H,18,19,20). The van der Waals surface area contributed by atoms with Gasteiger partial charge in [0.25, 0.3) is 0 Å². The first-order chi connectivity index (χ1) is 9.70. The maximum absolute atomic E-state index is 5.99.